The van der Waals surface area contributed by atoms with Crippen LogP contribution in [-0.2, 0) is 0 Å². The van der Waals surface area contributed by atoms with E-state index in [1.165, 1.54) is 0 Å². The number of hydrogen-bond acceptors (Lipinski definition) is 2. The zero-order chi connectivity index (χ0) is 17.2. The van der Waals surface area contributed by atoms with Gasteiger partial charge in [0.05, 0.1) is 5.69 Å². The summed E-state index contributed by atoms with van der Waals surface area (Å²) in [7, 11) is 0. The molecule has 0 aliphatic heterocycles. The summed E-state index contributed by atoms with van der Waals surface area (Å²) in [6, 6.07) is 25.5. The number of primary amides is 1. The van der Waals surface area contributed by atoms with E-state index >= 15 is 0 Å². The van der Waals surface area contributed by atoms with Gasteiger partial charge in [0, 0.05) is 22.7 Å². The number of fused-ring (bicyclic) bond motifs is 1. The Bertz CT molecular complexity index is 1080. The Balaban J connectivity index is 2.02. The number of rotatable bonds is 3. The lowest BCUT2D eigenvalue weighted by Gasteiger charge is -2.13. The molecule has 0 radical (unpaired) electrons. The first-order valence-corrected chi connectivity index (χ1v) is 8.08. The van der Waals surface area contributed by atoms with E-state index in [0.717, 1.165) is 33.2 Å². The Kier molecular flexibility index (Phi) is 3.75. The second kappa shape index (κ2) is 6.21. The summed E-state index contributed by atoms with van der Waals surface area (Å²) in [5.41, 5.74) is 9.73. The van der Waals surface area contributed by atoms with Crippen molar-refractivity contribution in [2.75, 3.05) is 0 Å². The fourth-order valence-corrected chi connectivity index (χ4v) is 3.19. The molecule has 1 amide bonds. The molecule has 3 heteroatoms. The van der Waals surface area contributed by atoms with Gasteiger partial charge in [0.2, 0.25) is 5.91 Å². The van der Waals surface area contributed by atoms with E-state index in [4.69, 9.17) is 5.73 Å². The summed E-state index contributed by atoms with van der Waals surface area (Å²) in [5.74, 6) is -0.434. The van der Waals surface area contributed by atoms with Gasteiger partial charge in [-0.2, -0.15) is 0 Å². The van der Waals surface area contributed by atoms with Crippen LogP contribution in [0.1, 0.15) is 10.4 Å². The summed E-state index contributed by atoms with van der Waals surface area (Å²) in [5, 5.41) is 2.21. The first-order chi connectivity index (χ1) is 12.3. The highest BCUT2D eigenvalue weighted by Gasteiger charge is 2.15. The standard InChI is InChI=1S/C22H16N2O/c23-22(25)20-12-6-4-10-18(20)17-9-3-5-11-19(17)21-16-8-2-1-7-15(16)13-14-24-21/h1-14H,(H2,23,25). The normalized spacial score (nSPS) is 10.7. The van der Waals surface area contributed by atoms with Crippen LogP contribution in [0.5, 0.6) is 0 Å². The number of benzene rings is 3. The van der Waals surface area contributed by atoms with Crippen LogP contribution in [0.2, 0.25) is 0 Å². The number of hydrogen-bond donors (Lipinski definition) is 1. The molecule has 2 N–H and O–H groups in total. The van der Waals surface area contributed by atoms with Crippen molar-refractivity contribution in [1.82, 2.24) is 4.98 Å². The van der Waals surface area contributed by atoms with E-state index in [-0.39, 0.29) is 0 Å². The van der Waals surface area contributed by atoms with Gasteiger partial charge in [-0.3, -0.25) is 9.78 Å². The largest absolute Gasteiger partial charge is 0.366 e. The van der Waals surface area contributed by atoms with Gasteiger partial charge in [-0.15, -0.1) is 0 Å². The van der Waals surface area contributed by atoms with Crippen molar-refractivity contribution in [2.45, 2.75) is 0 Å². The van der Waals surface area contributed by atoms with Gasteiger partial charge >= 0.3 is 0 Å². The van der Waals surface area contributed by atoms with Gasteiger partial charge in [-0.05, 0) is 28.6 Å². The smallest absolute Gasteiger partial charge is 0.249 e. The highest BCUT2D eigenvalue weighted by atomic mass is 16.1. The second-order valence-corrected chi connectivity index (χ2v) is 5.84. The third-order valence-electron chi connectivity index (χ3n) is 4.34. The second-order valence-electron chi connectivity index (χ2n) is 5.84. The van der Waals surface area contributed by atoms with Crippen LogP contribution in [0.4, 0.5) is 0 Å². The number of nitrogens with two attached hydrogens (primary N) is 1. The molecule has 0 aliphatic carbocycles. The van der Waals surface area contributed by atoms with E-state index < -0.39 is 5.91 Å². The highest BCUT2D eigenvalue weighted by Crippen LogP contribution is 2.35. The molecule has 4 rings (SSSR count). The minimum atomic E-state index is -0.434. The van der Waals surface area contributed by atoms with Gasteiger partial charge in [0.25, 0.3) is 0 Å². The van der Waals surface area contributed by atoms with Crippen molar-refractivity contribution in [2.24, 2.45) is 5.73 Å². The third kappa shape index (κ3) is 2.66. The molecule has 0 aliphatic rings. The molecule has 0 saturated carbocycles. The van der Waals surface area contributed by atoms with Crippen LogP contribution in [0.25, 0.3) is 33.2 Å². The SMILES string of the molecule is NC(=O)c1ccccc1-c1ccccc1-c1nccc2ccccc12. The average Bonchev–Trinajstić information content (AvgIpc) is 2.67. The van der Waals surface area contributed by atoms with Gasteiger partial charge in [-0.25, -0.2) is 0 Å². The van der Waals surface area contributed by atoms with Crippen LogP contribution >= 0.6 is 0 Å². The maximum atomic E-state index is 11.9. The maximum Gasteiger partial charge on any atom is 0.249 e. The van der Waals surface area contributed by atoms with Crippen molar-refractivity contribution >= 4 is 16.7 Å². The summed E-state index contributed by atoms with van der Waals surface area (Å²) in [6.07, 6.45) is 1.81. The minimum Gasteiger partial charge on any atom is -0.366 e. The Morgan fingerprint density at radius 2 is 1.36 bits per heavy atom. The first-order valence-electron chi connectivity index (χ1n) is 8.08. The lowest BCUT2D eigenvalue weighted by atomic mass is 9.92. The number of carbonyl (C=O) groups excluding carboxylic acids is 1. The third-order valence-corrected chi connectivity index (χ3v) is 4.34. The molecule has 1 aromatic heterocycles. The predicted octanol–water partition coefficient (Wildman–Crippen LogP) is 4.67. The molecule has 1 heterocycles. The van der Waals surface area contributed by atoms with E-state index in [9.17, 15) is 4.79 Å². The van der Waals surface area contributed by atoms with Gasteiger partial charge in [0.1, 0.15) is 0 Å². The molecule has 0 unspecified atom stereocenters. The van der Waals surface area contributed by atoms with Crippen LogP contribution in [0.15, 0.2) is 85.1 Å². The van der Waals surface area contributed by atoms with Crippen LogP contribution in [0, 0.1) is 0 Å². The Hall–Kier alpha value is -3.46. The summed E-state index contributed by atoms with van der Waals surface area (Å²) in [4.78, 5) is 16.5. The van der Waals surface area contributed by atoms with Crippen molar-refractivity contribution in [3.8, 4) is 22.4 Å². The van der Waals surface area contributed by atoms with Gasteiger partial charge in [0.15, 0.2) is 0 Å². The molecule has 0 atom stereocenters. The number of carbonyl (C=O) groups is 1. The molecule has 120 valence electrons. The summed E-state index contributed by atoms with van der Waals surface area (Å²) >= 11 is 0. The molecule has 3 nitrogen and oxygen atoms in total. The molecule has 0 fully saturated rings. The molecule has 0 spiro atoms. The number of pyridine rings is 1. The molecule has 0 saturated heterocycles. The maximum absolute atomic E-state index is 11.9. The van der Waals surface area contributed by atoms with E-state index in [1.54, 1.807) is 6.07 Å². The average molecular weight is 324 g/mol. The van der Waals surface area contributed by atoms with Gasteiger partial charge in [-0.1, -0.05) is 66.7 Å². The monoisotopic (exact) mass is 324 g/mol. The van der Waals surface area contributed by atoms with Crippen molar-refractivity contribution in [1.29, 1.82) is 0 Å². The molecule has 25 heavy (non-hydrogen) atoms. The van der Waals surface area contributed by atoms with Crippen LogP contribution in [-0.4, -0.2) is 10.9 Å². The summed E-state index contributed by atoms with van der Waals surface area (Å²) < 4.78 is 0. The van der Waals surface area contributed by atoms with Crippen LogP contribution in [0.3, 0.4) is 0 Å². The van der Waals surface area contributed by atoms with Crippen molar-refractivity contribution in [3.05, 3.63) is 90.6 Å². The summed E-state index contributed by atoms with van der Waals surface area (Å²) in [6.45, 7) is 0. The molecular weight excluding hydrogens is 308 g/mol. The number of nitrogens with zero attached hydrogens (tertiary/aromatic N) is 1. The molecule has 3 aromatic carbocycles. The Morgan fingerprint density at radius 3 is 2.16 bits per heavy atom. The quantitative estimate of drug-likeness (QED) is 0.595. The predicted molar refractivity (Wildman–Crippen MR) is 101 cm³/mol. The minimum absolute atomic E-state index is 0.434. The first kappa shape index (κ1) is 15.1. The van der Waals surface area contributed by atoms with Crippen LogP contribution < -0.4 is 5.73 Å². The zero-order valence-electron chi connectivity index (χ0n) is 13.5. The highest BCUT2D eigenvalue weighted by molar-refractivity contribution is 6.04. The van der Waals surface area contributed by atoms with E-state index in [2.05, 4.69) is 17.1 Å². The molecule has 0 bridgehead atoms. The van der Waals surface area contributed by atoms with Crippen molar-refractivity contribution < 1.29 is 4.79 Å². The van der Waals surface area contributed by atoms with E-state index in [1.807, 2.05) is 66.9 Å². The molecular formula is C22H16N2O. The number of amides is 1. The zero-order valence-corrected chi connectivity index (χ0v) is 13.5. The van der Waals surface area contributed by atoms with E-state index in [0.29, 0.717) is 5.56 Å². The fraction of sp³-hybridized carbons (Fsp3) is 0. The lowest BCUT2D eigenvalue weighted by molar-refractivity contribution is 0.100. The Labute approximate surface area is 145 Å². The lowest BCUT2D eigenvalue weighted by Crippen LogP contribution is -2.12. The number of aromatic nitrogens is 1. The van der Waals surface area contributed by atoms with Crippen molar-refractivity contribution in [3.63, 3.8) is 0 Å². The fourth-order valence-electron chi connectivity index (χ4n) is 3.19. The molecule has 4 aromatic rings. The Morgan fingerprint density at radius 1 is 0.720 bits per heavy atom. The topological polar surface area (TPSA) is 56.0 Å². The van der Waals surface area contributed by atoms with Gasteiger partial charge < -0.3 is 5.73 Å².